The van der Waals surface area contributed by atoms with Gasteiger partial charge in [-0.15, -0.1) is 0 Å². The molecule has 6 nitrogen and oxygen atoms in total. The molecule has 2 aliphatic rings. The van der Waals surface area contributed by atoms with Crippen molar-refractivity contribution in [2.45, 2.75) is 44.8 Å². The van der Waals surface area contributed by atoms with Gasteiger partial charge in [0.15, 0.2) is 0 Å². The number of rotatable bonds is 2. The zero-order valence-corrected chi connectivity index (χ0v) is 15.3. The Balaban J connectivity index is 1.85. The van der Waals surface area contributed by atoms with Crippen LogP contribution in [-0.4, -0.2) is 35.0 Å². The Morgan fingerprint density at radius 3 is 2.75 bits per heavy atom. The summed E-state index contributed by atoms with van der Waals surface area (Å²) < 4.78 is 11.5. The minimum Gasteiger partial charge on any atom is -0.459 e. The van der Waals surface area contributed by atoms with Gasteiger partial charge in [0, 0.05) is 16.5 Å². The molecular weight excluding hydrogens is 378 g/mol. The third kappa shape index (κ3) is 2.81. The summed E-state index contributed by atoms with van der Waals surface area (Å²) in [5.41, 5.74) is -0.344. The van der Waals surface area contributed by atoms with Crippen molar-refractivity contribution in [2.24, 2.45) is 0 Å². The molecule has 1 aromatic carbocycles. The maximum Gasteiger partial charge on any atom is 0.418 e. The van der Waals surface area contributed by atoms with Gasteiger partial charge in [0.25, 0.3) is 5.91 Å². The monoisotopic (exact) mass is 395 g/mol. The SMILES string of the molecule is CC(C)(C)OC(=O)CN1C(=O)OC2(CCc3cc(Br)ccc32)C1=O. The van der Waals surface area contributed by atoms with Crippen molar-refractivity contribution in [3.05, 3.63) is 33.8 Å². The fourth-order valence-corrected chi connectivity index (χ4v) is 3.53. The van der Waals surface area contributed by atoms with Gasteiger partial charge in [-0.1, -0.05) is 22.0 Å². The number of fused-ring (bicyclic) bond motifs is 2. The molecule has 1 spiro atoms. The summed E-state index contributed by atoms with van der Waals surface area (Å²) >= 11 is 3.40. The van der Waals surface area contributed by atoms with Crippen LogP contribution in [0, 0.1) is 0 Å². The van der Waals surface area contributed by atoms with Gasteiger partial charge in [-0.3, -0.25) is 9.59 Å². The molecule has 1 aliphatic carbocycles. The zero-order chi connectivity index (χ0) is 17.7. The lowest BCUT2D eigenvalue weighted by Crippen LogP contribution is -2.41. The van der Waals surface area contributed by atoms with Gasteiger partial charge >= 0.3 is 12.1 Å². The van der Waals surface area contributed by atoms with Crippen molar-refractivity contribution < 1.29 is 23.9 Å². The summed E-state index contributed by atoms with van der Waals surface area (Å²) in [6.07, 6.45) is 0.212. The van der Waals surface area contributed by atoms with E-state index >= 15 is 0 Å². The van der Waals surface area contributed by atoms with Gasteiger partial charge in [-0.25, -0.2) is 9.69 Å². The van der Waals surface area contributed by atoms with E-state index in [0.29, 0.717) is 18.4 Å². The molecule has 0 radical (unpaired) electrons. The average Bonchev–Trinajstić information content (AvgIpc) is 2.91. The maximum absolute atomic E-state index is 12.8. The molecule has 24 heavy (non-hydrogen) atoms. The van der Waals surface area contributed by atoms with Crippen LogP contribution in [0.4, 0.5) is 4.79 Å². The van der Waals surface area contributed by atoms with Crippen molar-refractivity contribution in [1.82, 2.24) is 4.90 Å². The Labute approximate surface area is 148 Å². The summed E-state index contributed by atoms with van der Waals surface area (Å²) in [6, 6.07) is 5.51. The summed E-state index contributed by atoms with van der Waals surface area (Å²) in [4.78, 5) is 37.8. The van der Waals surface area contributed by atoms with Crippen LogP contribution in [0.15, 0.2) is 22.7 Å². The second-order valence-electron chi connectivity index (χ2n) is 6.97. The number of ether oxygens (including phenoxy) is 2. The van der Waals surface area contributed by atoms with Crippen LogP contribution in [0.5, 0.6) is 0 Å². The number of benzene rings is 1. The molecule has 128 valence electrons. The van der Waals surface area contributed by atoms with Crippen molar-refractivity contribution >= 4 is 33.9 Å². The molecule has 1 saturated heterocycles. The lowest BCUT2D eigenvalue weighted by Gasteiger charge is -2.22. The molecule has 0 N–H and O–H groups in total. The third-order valence-electron chi connectivity index (χ3n) is 4.03. The Hall–Kier alpha value is -1.89. The van der Waals surface area contributed by atoms with Crippen LogP contribution in [0.3, 0.4) is 0 Å². The van der Waals surface area contributed by atoms with Crippen molar-refractivity contribution in [3.63, 3.8) is 0 Å². The summed E-state index contributed by atoms with van der Waals surface area (Å²) in [5, 5.41) is 0. The average molecular weight is 396 g/mol. The highest BCUT2D eigenvalue weighted by molar-refractivity contribution is 9.10. The van der Waals surface area contributed by atoms with Crippen molar-refractivity contribution in [3.8, 4) is 0 Å². The minimum atomic E-state index is -1.31. The summed E-state index contributed by atoms with van der Waals surface area (Å²) in [7, 11) is 0. The van der Waals surface area contributed by atoms with E-state index < -0.39 is 35.7 Å². The standard InChI is InChI=1S/C17H18BrNO5/c1-16(2,3)23-13(20)9-19-14(21)17(24-15(19)22)7-6-10-8-11(18)4-5-12(10)17/h4-5,8H,6-7,9H2,1-3H3. The second kappa shape index (κ2) is 5.58. The lowest BCUT2D eigenvalue weighted by molar-refractivity contribution is -0.157. The normalized spacial score (nSPS) is 22.8. The van der Waals surface area contributed by atoms with E-state index in [0.717, 1.165) is 14.9 Å². The number of halogens is 1. The molecule has 1 unspecified atom stereocenters. The van der Waals surface area contributed by atoms with Gasteiger partial charge in [-0.05, 0) is 44.9 Å². The predicted octanol–water partition coefficient (Wildman–Crippen LogP) is 2.91. The lowest BCUT2D eigenvalue weighted by atomic mass is 9.95. The zero-order valence-electron chi connectivity index (χ0n) is 13.7. The third-order valence-corrected chi connectivity index (χ3v) is 4.52. The van der Waals surface area contributed by atoms with E-state index in [2.05, 4.69) is 15.9 Å². The first-order chi connectivity index (χ1) is 11.1. The second-order valence-corrected chi connectivity index (χ2v) is 7.89. The molecule has 0 bridgehead atoms. The first-order valence-electron chi connectivity index (χ1n) is 7.68. The molecule has 1 atom stereocenters. The van der Waals surface area contributed by atoms with Gasteiger partial charge in [0.05, 0.1) is 0 Å². The Bertz CT molecular complexity index is 739. The van der Waals surface area contributed by atoms with E-state index in [1.165, 1.54) is 0 Å². The summed E-state index contributed by atoms with van der Waals surface area (Å²) in [6.45, 7) is 4.73. The quantitative estimate of drug-likeness (QED) is 0.719. The van der Waals surface area contributed by atoms with Crippen molar-refractivity contribution in [1.29, 1.82) is 0 Å². The Kier molecular flexibility index (Phi) is 3.94. The van der Waals surface area contributed by atoms with Gasteiger partial charge in [0.2, 0.25) is 5.60 Å². The largest absolute Gasteiger partial charge is 0.459 e. The van der Waals surface area contributed by atoms with Crippen LogP contribution in [-0.2, 0) is 31.1 Å². The van der Waals surface area contributed by atoms with Gasteiger partial charge in [-0.2, -0.15) is 0 Å². The Morgan fingerprint density at radius 1 is 1.38 bits per heavy atom. The van der Waals surface area contributed by atoms with Gasteiger partial charge in [0.1, 0.15) is 12.1 Å². The fourth-order valence-electron chi connectivity index (χ4n) is 3.12. The van der Waals surface area contributed by atoms with E-state index in [-0.39, 0.29) is 0 Å². The molecule has 3 rings (SSSR count). The molecule has 1 aromatic rings. The van der Waals surface area contributed by atoms with E-state index in [4.69, 9.17) is 9.47 Å². The highest BCUT2D eigenvalue weighted by atomic mass is 79.9. The van der Waals surface area contributed by atoms with Gasteiger partial charge < -0.3 is 9.47 Å². The first-order valence-corrected chi connectivity index (χ1v) is 8.47. The highest BCUT2D eigenvalue weighted by Crippen LogP contribution is 2.45. The number of carbonyl (C=O) groups is 3. The maximum atomic E-state index is 12.8. The number of carbonyl (C=O) groups excluding carboxylic acids is 3. The number of esters is 1. The van der Waals surface area contributed by atoms with Crippen LogP contribution >= 0.6 is 15.9 Å². The molecular formula is C17H18BrNO5. The van der Waals surface area contributed by atoms with Crippen LogP contribution < -0.4 is 0 Å². The predicted molar refractivity (Wildman–Crippen MR) is 88.2 cm³/mol. The molecule has 0 saturated carbocycles. The Morgan fingerprint density at radius 2 is 2.08 bits per heavy atom. The van der Waals surface area contributed by atoms with Crippen LogP contribution in [0.25, 0.3) is 0 Å². The van der Waals surface area contributed by atoms with E-state index in [9.17, 15) is 14.4 Å². The van der Waals surface area contributed by atoms with Crippen molar-refractivity contribution in [2.75, 3.05) is 6.54 Å². The highest BCUT2D eigenvalue weighted by Gasteiger charge is 2.58. The topological polar surface area (TPSA) is 72.9 Å². The molecule has 1 aliphatic heterocycles. The first kappa shape index (κ1) is 17.0. The smallest absolute Gasteiger partial charge is 0.418 e. The molecule has 1 heterocycles. The number of hydrogen-bond donors (Lipinski definition) is 0. The van der Waals surface area contributed by atoms with Crippen LogP contribution in [0.1, 0.15) is 38.3 Å². The van der Waals surface area contributed by atoms with E-state index in [1.54, 1.807) is 26.8 Å². The molecule has 7 heteroatoms. The minimum absolute atomic E-state index is 0.383. The number of aryl methyl sites for hydroxylation is 1. The number of nitrogens with zero attached hydrogens (tertiary/aromatic N) is 1. The fraction of sp³-hybridized carbons (Fsp3) is 0.471. The number of amides is 2. The molecule has 1 fully saturated rings. The molecule has 2 amide bonds. The molecule has 0 aromatic heterocycles. The summed E-state index contributed by atoms with van der Waals surface area (Å²) in [5.74, 6) is -1.14. The number of imide groups is 1. The van der Waals surface area contributed by atoms with E-state index in [1.807, 2.05) is 12.1 Å². The van der Waals surface area contributed by atoms with Crippen LogP contribution in [0.2, 0.25) is 0 Å². The number of hydrogen-bond acceptors (Lipinski definition) is 5.